The Labute approximate surface area is 163 Å². The molecule has 0 saturated heterocycles. The Bertz CT molecular complexity index is 1130. The largest absolute Gasteiger partial charge is 0.506 e. The van der Waals surface area contributed by atoms with Crippen LogP contribution in [0.5, 0.6) is 5.75 Å². The fraction of sp³-hybridized carbons (Fsp3) is 0.105. The van der Waals surface area contributed by atoms with Gasteiger partial charge in [-0.05, 0) is 36.4 Å². The van der Waals surface area contributed by atoms with Crippen molar-refractivity contribution in [1.82, 2.24) is 14.8 Å². The number of Topliss-reactive ketones (excluding diaryl/α,β-unsaturated/α-hetero) is 1. The van der Waals surface area contributed by atoms with E-state index < -0.39 is 0 Å². The molecule has 0 aliphatic heterocycles. The molecule has 0 unspecified atom stereocenters. The Morgan fingerprint density at radius 1 is 1.19 bits per heavy atom. The molecule has 0 atom stereocenters. The molecule has 2 aromatic heterocycles. The van der Waals surface area contributed by atoms with Gasteiger partial charge in [0.2, 0.25) is 0 Å². The van der Waals surface area contributed by atoms with Crippen LogP contribution in [0, 0.1) is 0 Å². The molecular weight excluding hydrogens is 380 g/mol. The fourth-order valence-electron chi connectivity index (χ4n) is 2.74. The van der Waals surface area contributed by atoms with Crippen molar-refractivity contribution < 1.29 is 9.90 Å². The fourth-order valence-corrected chi connectivity index (χ4v) is 4.65. The second-order valence-electron chi connectivity index (χ2n) is 5.98. The van der Waals surface area contributed by atoms with Crippen LogP contribution in [0.2, 0.25) is 0 Å². The van der Waals surface area contributed by atoms with Crippen molar-refractivity contribution in [3.05, 3.63) is 53.4 Å². The van der Waals surface area contributed by atoms with Crippen LogP contribution in [0.3, 0.4) is 0 Å². The van der Waals surface area contributed by atoms with E-state index in [4.69, 9.17) is 5.73 Å². The Morgan fingerprint density at radius 3 is 2.67 bits per heavy atom. The normalized spacial score (nSPS) is 11.1. The minimum absolute atomic E-state index is 0.0572. The summed E-state index contributed by atoms with van der Waals surface area (Å²) in [5.41, 5.74) is 7.31. The Hall–Kier alpha value is -2.84. The first-order valence-electron chi connectivity index (χ1n) is 8.16. The van der Waals surface area contributed by atoms with Crippen LogP contribution >= 0.6 is 23.1 Å². The molecule has 0 saturated carbocycles. The van der Waals surface area contributed by atoms with Crippen LogP contribution in [0.15, 0.2) is 53.7 Å². The monoisotopic (exact) mass is 396 g/mol. The molecule has 8 heteroatoms. The van der Waals surface area contributed by atoms with E-state index in [2.05, 4.69) is 10.2 Å². The number of hydrogen-bond acceptors (Lipinski definition) is 7. The Kier molecular flexibility index (Phi) is 4.59. The quantitative estimate of drug-likeness (QED) is 0.301. The highest BCUT2D eigenvalue weighted by Gasteiger charge is 2.19. The van der Waals surface area contributed by atoms with E-state index in [1.807, 2.05) is 60.1 Å². The standard InChI is InChI=1S/C19H16N4O2S2/c1-23-18(11-6-8-12(20)9-7-11)21-22-19(23)26-10-14(24)17-16(25)13-4-2-3-5-15(13)27-17/h2-9,25H,10,20H2,1H3. The Balaban J connectivity index is 1.52. The second kappa shape index (κ2) is 7.05. The summed E-state index contributed by atoms with van der Waals surface area (Å²) in [6, 6.07) is 14.8. The van der Waals surface area contributed by atoms with Crippen LogP contribution in [-0.2, 0) is 7.05 Å². The molecule has 4 rings (SSSR count). The maximum absolute atomic E-state index is 12.6. The predicted molar refractivity (Wildman–Crippen MR) is 109 cm³/mol. The molecule has 0 radical (unpaired) electrons. The van der Waals surface area contributed by atoms with Crippen molar-refractivity contribution in [3.63, 3.8) is 0 Å². The molecule has 136 valence electrons. The zero-order chi connectivity index (χ0) is 19.0. The number of aromatic nitrogens is 3. The lowest BCUT2D eigenvalue weighted by molar-refractivity contribution is 0.102. The van der Waals surface area contributed by atoms with Gasteiger partial charge in [0.15, 0.2) is 16.8 Å². The molecule has 3 N–H and O–H groups in total. The molecular formula is C19H16N4O2S2. The summed E-state index contributed by atoms with van der Waals surface area (Å²) in [5.74, 6) is 0.806. The van der Waals surface area contributed by atoms with Crippen LogP contribution in [0.25, 0.3) is 21.5 Å². The summed E-state index contributed by atoms with van der Waals surface area (Å²) < 4.78 is 2.74. The smallest absolute Gasteiger partial charge is 0.191 e. The first-order valence-corrected chi connectivity index (χ1v) is 9.96. The molecule has 0 aliphatic rings. The molecule has 0 aliphatic carbocycles. The molecule has 0 amide bonds. The number of fused-ring (bicyclic) bond motifs is 1. The van der Waals surface area contributed by atoms with Gasteiger partial charge in [-0.3, -0.25) is 4.79 Å². The zero-order valence-corrected chi connectivity index (χ0v) is 16.0. The van der Waals surface area contributed by atoms with E-state index >= 15 is 0 Å². The third-order valence-corrected chi connectivity index (χ3v) is 6.38. The summed E-state index contributed by atoms with van der Waals surface area (Å²) in [6.07, 6.45) is 0. The second-order valence-corrected chi connectivity index (χ2v) is 7.97. The number of rotatable bonds is 5. The van der Waals surface area contributed by atoms with Gasteiger partial charge in [0, 0.05) is 28.4 Å². The molecule has 0 bridgehead atoms. The van der Waals surface area contributed by atoms with Crippen LogP contribution in [-0.4, -0.2) is 31.4 Å². The maximum atomic E-state index is 12.6. The van der Waals surface area contributed by atoms with Gasteiger partial charge in [-0.2, -0.15) is 0 Å². The minimum atomic E-state index is -0.129. The minimum Gasteiger partial charge on any atom is -0.506 e. The molecule has 6 nitrogen and oxygen atoms in total. The van der Waals surface area contributed by atoms with Crippen LogP contribution < -0.4 is 5.73 Å². The van der Waals surface area contributed by atoms with E-state index in [0.29, 0.717) is 26.9 Å². The van der Waals surface area contributed by atoms with Crippen molar-refractivity contribution in [2.45, 2.75) is 5.16 Å². The lowest BCUT2D eigenvalue weighted by atomic mass is 10.2. The first kappa shape index (κ1) is 17.6. The van der Waals surface area contributed by atoms with Gasteiger partial charge in [0.25, 0.3) is 0 Å². The lowest BCUT2D eigenvalue weighted by Crippen LogP contribution is -2.02. The maximum Gasteiger partial charge on any atom is 0.191 e. The number of carbonyl (C=O) groups is 1. The van der Waals surface area contributed by atoms with E-state index in [-0.39, 0.29) is 17.3 Å². The van der Waals surface area contributed by atoms with Gasteiger partial charge in [0.1, 0.15) is 10.6 Å². The number of anilines is 1. The highest BCUT2D eigenvalue weighted by atomic mass is 32.2. The molecule has 0 fully saturated rings. The third-order valence-electron chi connectivity index (χ3n) is 4.16. The number of carbonyl (C=O) groups excluding carboxylic acids is 1. The number of aromatic hydroxyl groups is 1. The highest BCUT2D eigenvalue weighted by molar-refractivity contribution is 7.99. The summed E-state index contributed by atoms with van der Waals surface area (Å²) in [4.78, 5) is 13.0. The van der Waals surface area contributed by atoms with Crippen molar-refractivity contribution >= 4 is 44.7 Å². The summed E-state index contributed by atoms with van der Waals surface area (Å²) in [6.45, 7) is 0. The lowest BCUT2D eigenvalue weighted by Gasteiger charge is -2.04. The van der Waals surface area contributed by atoms with Crippen molar-refractivity contribution in [2.75, 3.05) is 11.5 Å². The van der Waals surface area contributed by atoms with Crippen molar-refractivity contribution in [1.29, 1.82) is 0 Å². The topological polar surface area (TPSA) is 94.0 Å². The number of nitrogens with zero attached hydrogens (tertiary/aromatic N) is 3. The van der Waals surface area contributed by atoms with E-state index in [0.717, 1.165) is 10.3 Å². The van der Waals surface area contributed by atoms with E-state index in [9.17, 15) is 9.90 Å². The van der Waals surface area contributed by atoms with E-state index in [1.54, 1.807) is 0 Å². The molecule has 27 heavy (non-hydrogen) atoms. The molecule has 0 spiro atoms. The molecule has 4 aromatic rings. The number of thiophene rings is 1. The average molecular weight is 396 g/mol. The number of nitrogens with two attached hydrogens (primary N) is 1. The SMILES string of the molecule is Cn1c(SCC(=O)c2sc3ccccc3c2O)nnc1-c1ccc(N)cc1. The van der Waals surface area contributed by atoms with Gasteiger partial charge in [0.05, 0.1) is 5.75 Å². The van der Waals surface area contributed by atoms with Crippen molar-refractivity contribution in [3.8, 4) is 17.1 Å². The average Bonchev–Trinajstić information content (AvgIpc) is 3.21. The zero-order valence-electron chi connectivity index (χ0n) is 14.4. The van der Waals surface area contributed by atoms with Gasteiger partial charge < -0.3 is 15.4 Å². The van der Waals surface area contributed by atoms with Gasteiger partial charge in [-0.25, -0.2) is 0 Å². The van der Waals surface area contributed by atoms with Gasteiger partial charge in [-0.15, -0.1) is 21.5 Å². The first-order chi connectivity index (χ1) is 13.0. The molecule has 2 heterocycles. The number of nitrogen functional groups attached to an aromatic ring is 1. The van der Waals surface area contributed by atoms with Gasteiger partial charge in [-0.1, -0.05) is 23.9 Å². The van der Waals surface area contributed by atoms with Crippen LogP contribution in [0.4, 0.5) is 5.69 Å². The highest BCUT2D eigenvalue weighted by Crippen LogP contribution is 2.37. The van der Waals surface area contributed by atoms with Crippen LogP contribution in [0.1, 0.15) is 9.67 Å². The number of ketones is 1. The number of benzene rings is 2. The summed E-state index contributed by atoms with van der Waals surface area (Å²) >= 11 is 2.61. The number of hydrogen-bond donors (Lipinski definition) is 2. The predicted octanol–water partition coefficient (Wildman–Crippen LogP) is 3.96. The van der Waals surface area contributed by atoms with E-state index in [1.165, 1.54) is 23.1 Å². The van der Waals surface area contributed by atoms with Crippen molar-refractivity contribution in [2.24, 2.45) is 7.05 Å². The number of thioether (sulfide) groups is 1. The molecule has 2 aromatic carbocycles. The summed E-state index contributed by atoms with van der Waals surface area (Å²) in [5, 5.41) is 20.1. The summed E-state index contributed by atoms with van der Waals surface area (Å²) in [7, 11) is 1.86. The third kappa shape index (κ3) is 3.29. The Morgan fingerprint density at radius 2 is 1.93 bits per heavy atom. The van der Waals surface area contributed by atoms with Gasteiger partial charge >= 0.3 is 0 Å².